The van der Waals surface area contributed by atoms with Gasteiger partial charge in [0.15, 0.2) is 0 Å². The molecule has 0 atom stereocenters. The zero-order chi connectivity index (χ0) is 20.3. The van der Waals surface area contributed by atoms with Gasteiger partial charge in [0.2, 0.25) is 10.0 Å². The van der Waals surface area contributed by atoms with E-state index in [-0.39, 0.29) is 10.7 Å². The molecule has 0 bridgehead atoms. The predicted molar refractivity (Wildman–Crippen MR) is 106 cm³/mol. The van der Waals surface area contributed by atoms with Gasteiger partial charge in [-0.15, -0.1) is 0 Å². The number of pyridine rings is 1. The molecule has 0 unspecified atom stereocenters. The highest BCUT2D eigenvalue weighted by Gasteiger charge is 2.30. The molecule has 0 amide bonds. The third-order valence-electron chi connectivity index (χ3n) is 5.59. The topological polar surface area (TPSA) is 68.4 Å². The minimum absolute atomic E-state index is 0.146. The molecule has 3 heterocycles. The van der Waals surface area contributed by atoms with Crippen molar-refractivity contribution < 1.29 is 27.4 Å². The number of piperazine rings is 1. The fraction of sp³-hybridized carbons (Fsp3) is 0.450. The lowest BCUT2D eigenvalue weighted by Crippen LogP contribution is -3.13. The first kappa shape index (κ1) is 20.2. The zero-order valence-electron chi connectivity index (χ0n) is 16.3. The average molecular weight is 423 g/mol. The van der Waals surface area contributed by atoms with Crippen molar-refractivity contribution in [1.29, 1.82) is 0 Å². The summed E-state index contributed by atoms with van der Waals surface area (Å²) in [6, 6.07) is 10.4. The molecule has 2 aliphatic heterocycles. The van der Waals surface area contributed by atoms with E-state index in [4.69, 9.17) is 4.74 Å². The van der Waals surface area contributed by atoms with Gasteiger partial charge in [0.25, 0.3) is 5.82 Å². The Bertz CT molecular complexity index is 925. The number of aromatic nitrogens is 1. The van der Waals surface area contributed by atoms with Crippen LogP contribution in [-0.2, 0) is 21.3 Å². The predicted octanol–water partition coefficient (Wildman–Crippen LogP) is -0.434. The Morgan fingerprint density at radius 3 is 2.41 bits per heavy atom. The highest BCUT2D eigenvalue weighted by Crippen LogP contribution is 2.17. The van der Waals surface area contributed by atoms with Gasteiger partial charge >= 0.3 is 0 Å². The minimum atomic E-state index is -3.49. The van der Waals surface area contributed by atoms with Crippen LogP contribution in [0.15, 0.2) is 47.5 Å². The van der Waals surface area contributed by atoms with Crippen LogP contribution in [0.5, 0.6) is 0 Å². The third-order valence-corrected chi connectivity index (χ3v) is 7.48. The molecule has 0 aliphatic carbocycles. The molecule has 4 rings (SSSR count). The van der Waals surface area contributed by atoms with Crippen molar-refractivity contribution >= 4 is 15.8 Å². The summed E-state index contributed by atoms with van der Waals surface area (Å²) in [4.78, 5) is 6.97. The number of morpholine rings is 1. The van der Waals surface area contributed by atoms with Crippen LogP contribution in [0.3, 0.4) is 0 Å². The smallest absolute Gasteiger partial charge is 0.274 e. The lowest BCUT2D eigenvalue weighted by Gasteiger charge is -2.28. The van der Waals surface area contributed by atoms with Crippen LogP contribution in [-0.4, -0.2) is 65.2 Å². The molecular formula is C20H27FN4O3S+2. The molecule has 2 fully saturated rings. The summed E-state index contributed by atoms with van der Waals surface area (Å²) in [5.41, 5.74) is 0.750. The van der Waals surface area contributed by atoms with Crippen molar-refractivity contribution in [2.24, 2.45) is 0 Å². The molecule has 7 nitrogen and oxygen atoms in total. The Hall–Kier alpha value is -2.07. The molecule has 0 radical (unpaired) electrons. The fourth-order valence-corrected chi connectivity index (χ4v) is 5.22. The number of quaternary nitrogens is 1. The normalized spacial score (nSPS) is 19.4. The van der Waals surface area contributed by atoms with Crippen LogP contribution in [0.4, 0.5) is 10.2 Å². The Kier molecular flexibility index (Phi) is 6.09. The van der Waals surface area contributed by atoms with E-state index < -0.39 is 10.0 Å². The number of H-pyrrole nitrogens is 1. The first-order valence-corrected chi connectivity index (χ1v) is 11.4. The first-order valence-electron chi connectivity index (χ1n) is 9.95. The summed E-state index contributed by atoms with van der Waals surface area (Å²) in [7, 11) is -3.49. The molecule has 2 aliphatic rings. The SMILES string of the molecule is O=S(=O)(c1ccc(N2CC[NH+](Cc3ccccc3F)CC2)[nH+]c1)N1CCOCC1. The van der Waals surface area contributed by atoms with Crippen LogP contribution in [0.1, 0.15) is 5.56 Å². The van der Waals surface area contributed by atoms with E-state index >= 15 is 0 Å². The summed E-state index contributed by atoms with van der Waals surface area (Å²) in [6.45, 7) is 5.77. The number of sulfonamides is 1. The van der Waals surface area contributed by atoms with Crippen LogP contribution >= 0.6 is 0 Å². The van der Waals surface area contributed by atoms with Gasteiger partial charge in [-0.05, 0) is 12.1 Å². The second-order valence-electron chi connectivity index (χ2n) is 7.43. The van der Waals surface area contributed by atoms with Crippen molar-refractivity contribution in [3.05, 3.63) is 54.0 Å². The highest BCUT2D eigenvalue weighted by atomic mass is 32.2. The molecule has 2 aromatic rings. The average Bonchev–Trinajstić information content (AvgIpc) is 2.77. The Labute approximate surface area is 170 Å². The van der Waals surface area contributed by atoms with Crippen LogP contribution in [0, 0.1) is 5.82 Å². The molecule has 2 saturated heterocycles. The van der Waals surface area contributed by atoms with E-state index in [1.165, 1.54) is 15.3 Å². The second kappa shape index (κ2) is 8.74. The van der Waals surface area contributed by atoms with Crippen molar-refractivity contribution in [1.82, 2.24) is 4.31 Å². The van der Waals surface area contributed by atoms with E-state index in [0.29, 0.717) is 32.8 Å². The molecule has 0 saturated carbocycles. The number of benzene rings is 1. The Balaban J connectivity index is 1.36. The second-order valence-corrected chi connectivity index (χ2v) is 9.37. The maximum absolute atomic E-state index is 13.9. The van der Waals surface area contributed by atoms with Crippen LogP contribution < -0.4 is 14.8 Å². The number of halogens is 1. The van der Waals surface area contributed by atoms with Gasteiger partial charge in [-0.25, -0.2) is 17.8 Å². The number of nitrogens with zero attached hydrogens (tertiary/aromatic N) is 2. The van der Waals surface area contributed by atoms with Gasteiger partial charge in [-0.1, -0.05) is 18.2 Å². The molecular weight excluding hydrogens is 395 g/mol. The number of ether oxygens (including phenoxy) is 1. The van der Waals surface area contributed by atoms with E-state index in [1.807, 2.05) is 18.2 Å². The number of aromatic amines is 1. The number of hydrogen-bond donors (Lipinski definition) is 1. The largest absolute Gasteiger partial charge is 0.379 e. The molecule has 29 heavy (non-hydrogen) atoms. The standard InChI is InChI=1S/C20H25FN4O3S/c21-19-4-2-1-3-17(19)16-23-7-9-24(10-8-23)20-6-5-18(15-22-20)29(26,27)25-11-13-28-14-12-25/h1-6,15H,7-14,16H2/p+2. The Morgan fingerprint density at radius 1 is 1.03 bits per heavy atom. The molecule has 1 aromatic carbocycles. The van der Waals surface area contributed by atoms with E-state index in [0.717, 1.165) is 37.6 Å². The molecule has 156 valence electrons. The van der Waals surface area contributed by atoms with Crippen molar-refractivity contribution in [2.45, 2.75) is 11.4 Å². The van der Waals surface area contributed by atoms with E-state index in [2.05, 4.69) is 9.88 Å². The molecule has 1 aromatic heterocycles. The van der Waals surface area contributed by atoms with Crippen molar-refractivity contribution in [2.75, 3.05) is 57.4 Å². The van der Waals surface area contributed by atoms with Crippen LogP contribution in [0.25, 0.3) is 0 Å². The van der Waals surface area contributed by atoms with Gasteiger partial charge in [0, 0.05) is 24.7 Å². The zero-order valence-corrected chi connectivity index (χ0v) is 17.1. The highest BCUT2D eigenvalue weighted by molar-refractivity contribution is 7.89. The lowest BCUT2D eigenvalue weighted by molar-refractivity contribution is -0.914. The lowest BCUT2D eigenvalue weighted by atomic mass is 10.2. The summed E-state index contributed by atoms with van der Waals surface area (Å²) in [5.74, 6) is 0.753. The number of nitrogens with one attached hydrogen (secondary N) is 2. The van der Waals surface area contributed by atoms with Crippen LogP contribution in [0.2, 0.25) is 0 Å². The summed E-state index contributed by atoms with van der Waals surface area (Å²) < 4.78 is 46.0. The minimum Gasteiger partial charge on any atom is -0.379 e. The van der Waals surface area contributed by atoms with Gasteiger partial charge in [-0.3, -0.25) is 4.90 Å². The number of anilines is 1. The third kappa shape index (κ3) is 4.58. The van der Waals surface area contributed by atoms with E-state index in [9.17, 15) is 12.8 Å². The van der Waals surface area contributed by atoms with Crippen molar-refractivity contribution in [3.8, 4) is 0 Å². The first-order chi connectivity index (χ1) is 14.0. The summed E-state index contributed by atoms with van der Waals surface area (Å²) in [5, 5.41) is 0. The Morgan fingerprint density at radius 2 is 1.76 bits per heavy atom. The van der Waals surface area contributed by atoms with Gasteiger partial charge in [0.1, 0.15) is 49.6 Å². The number of rotatable bonds is 5. The fourth-order valence-electron chi connectivity index (χ4n) is 3.85. The van der Waals surface area contributed by atoms with Crippen molar-refractivity contribution in [3.63, 3.8) is 0 Å². The molecule has 9 heteroatoms. The maximum Gasteiger partial charge on any atom is 0.274 e. The van der Waals surface area contributed by atoms with Gasteiger partial charge < -0.3 is 9.64 Å². The molecule has 0 spiro atoms. The monoisotopic (exact) mass is 422 g/mol. The maximum atomic E-state index is 13.9. The summed E-state index contributed by atoms with van der Waals surface area (Å²) in [6.07, 6.45) is 1.57. The summed E-state index contributed by atoms with van der Waals surface area (Å²) >= 11 is 0. The van der Waals surface area contributed by atoms with E-state index in [1.54, 1.807) is 18.3 Å². The molecule has 2 N–H and O–H groups in total. The van der Waals surface area contributed by atoms with Gasteiger partial charge in [0.05, 0.1) is 13.2 Å². The number of hydrogen-bond acceptors (Lipinski definition) is 4. The quantitative estimate of drug-likeness (QED) is 0.710. The van der Waals surface area contributed by atoms with Gasteiger partial charge in [-0.2, -0.15) is 4.31 Å².